The summed E-state index contributed by atoms with van der Waals surface area (Å²) in [6.45, 7) is 3.67. The van der Waals surface area contributed by atoms with Gasteiger partial charge in [-0.3, -0.25) is 19.7 Å². The molecule has 0 saturated carbocycles. The van der Waals surface area contributed by atoms with Crippen molar-refractivity contribution < 1.29 is 24.0 Å². The molecule has 0 unspecified atom stereocenters. The maximum atomic E-state index is 12.4. The summed E-state index contributed by atoms with van der Waals surface area (Å²) < 4.78 is 10.5. The summed E-state index contributed by atoms with van der Waals surface area (Å²) >= 11 is 0. The predicted molar refractivity (Wildman–Crippen MR) is 93.6 cm³/mol. The van der Waals surface area contributed by atoms with Gasteiger partial charge in [0.15, 0.2) is 11.5 Å². The molecule has 1 fully saturated rings. The second-order valence-electron chi connectivity index (χ2n) is 5.80. The molecule has 0 radical (unpaired) electrons. The van der Waals surface area contributed by atoms with Gasteiger partial charge in [-0.15, -0.1) is 0 Å². The van der Waals surface area contributed by atoms with Crippen LogP contribution < -0.4 is 14.8 Å². The molecule has 9 heteroatoms. The average molecular weight is 365 g/mol. The van der Waals surface area contributed by atoms with Gasteiger partial charge in [0.25, 0.3) is 11.6 Å². The van der Waals surface area contributed by atoms with E-state index >= 15 is 0 Å². The highest BCUT2D eigenvalue weighted by Gasteiger charge is 2.25. The SMILES string of the molecule is CCOc1cc(C(=O)NCCC(=O)N2CCCC2)c([N+](=O)[O-])cc1OC. The first kappa shape index (κ1) is 19.5. The van der Waals surface area contributed by atoms with E-state index in [9.17, 15) is 19.7 Å². The molecule has 0 aliphatic carbocycles. The number of hydrogen-bond donors (Lipinski definition) is 1. The number of benzene rings is 1. The number of nitro groups is 1. The molecule has 1 aromatic carbocycles. The number of carbonyl (C=O) groups excluding carboxylic acids is 2. The second-order valence-corrected chi connectivity index (χ2v) is 5.80. The van der Waals surface area contributed by atoms with Crippen LogP contribution in [0.4, 0.5) is 5.69 Å². The van der Waals surface area contributed by atoms with E-state index in [-0.39, 0.29) is 41.6 Å². The Labute approximate surface area is 151 Å². The molecule has 1 aliphatic rings. The Kier molecular flexibility index (Phi) is 6.76. The Morgan fingerprint density at radius 1 is 1.27 bits per heavy atom. The monoisotopic (exact) mass is 365 g/mol. The molecule has 0 atom stereocenters. The third kappa shape index (κ3) is 4.62. The number of amides is 2. The van der Waals surface area contributed by atoms with E-state index in [0.717, 1.165) is 32.0 Å². The van der Waals surface area contributed by atoms with E-state index in [1.54, 1.807) is 11.8 Å². The lowest BCUT2D eigenvalue weighted by Gasteiger charge is -2.15. The van der Waals surface area contributed by atoms with E-state index in [2.05, 4.69) is 5.32 Å². The normalized spacial score (nSPS) is 13.4. The largest absolute Gasteiger partial charge is 0.493 e. The number of methoxy groups -OCH3 is 1. The van der Waals surface area contributed by atoms with Crippen molar-refractivity contribution in [2.75, 3.05) is 33.4 Å². The van der Waals surface area contributed by atoms with Crippen LogP contribution in [0.5, 0.6) is 11.5 Å². The van der Waals surface area contributed by atoms with Crippen molar-refractivity contribution in [3.8, 4) is 11.5 Å². The molecular weight excluding hydrogens is 342 g/mol. The van der Waals surface area contributed by atoms with E-state index < -0.39 is 10.8 Å². The van der Waals surface area contributed by atoms with Gasteiger partial charge in [0.1, 0.15) is 5.56 Å². The highest BCUT2D eigenvalue weighted by molar-refractivity contribution is 5.99. The van der Waals surface area contributed by atoms with Gasteiger partial charge in [-0.2, -0.15) is 0 Å². The molecule has 1 heterocycles. The molecule has 0 aromatic heterocycles. The average Bonchev–Trinajstić information content (AvgIpc) is 3.16. The van der Waals surface area contributed by atoms with Crippen LogP contribution in [0.1, 0.15) is 36.5 Å². The first-order valence-electron chi connectivity index (χ1n) is 8.53. The van der Waals surface area contributed by atoms with Crippen molar-refractivity contribution in [2.24, 2.45) is 0 Å². The standard InChI is InChI=1S/C17H23N3O6/c1-3-26-15-10-12(13(20(23)24)11-14(15)25-2)17(22)18-7-6-16(21)19-8-4-5-9-19/h10-11H,3-9H2,1-2H3,(H,18,22). The molecular formula is C17H23N3O6. The van der Waals surface area contributed by atoms with Crippen molar-refractivity contribution in [1.82, 2.24) is 10.2 Å². The number of nitro benzene ring substituents is 1. The van der Waals surface area contributed by atoms with Gasteiger partial charge >= 0.3 is 0 Å². The van der Waals surface area contributed by atoms with Gasteiger partial charge in [-0.1, -0.05) is 0 Å². The first-order valence-corrected chi connectivity index (χ1v) is 8.53. The fraction of sp³-hybridized carbons (Fsp3) is 0.529. The van der Waals surface area contributed by atoms with Crippen LogP contribution in [0.3, 0.4) is 0 Å². The quantitative estimate of drug-likeness (QED) is 0.555. The van der Waals surface area contributed by atoms with Gasteiger partial charge in [-0.25, -0.2) is 0 Å². The van der Waals surface area contributed by atoms with Crippen LogP contribution >= 0.6 is 0 Å². The van der Waals surface area contributed by atoms with Crippen molar-refractivity contribution >= 4 is 17.5 Å². The Morgan fingerprint density at radius 2 is 1.96 bits per heavy atom. The molecule has 142 valence electrons. The fourth-order valence-corrected chi connectivity index (χ4v) is 2.81. The second kappa shape index (κ2) is 9.02. The zero-order valence-corrected chi connectivity index (χ0v) is 14.9. The summed E-state index contributed by atoms with van der Waals surface area (Å²) in [6, 6.07) is 2.45. The number of carbonyl (C=O) groups is 2. The topological polar surface area (TPSA) is 111 Å². The van der Waals surface area contributed by atoms with Gasteiger partial charge in [0, 0.05) is 32.1 Å². The minimum absolute atomic E-state index is 0.0259. The molecule has 1 saturated heterocycles. The number of likely N-dealkylation sites (tertiary alicyclic amines) is 1. The van der Waals surface area contributed by atoms with Crippen LogP contribution in [0.25, 0.3) is 0 Å². The Balaban J connectivity index is 2.09. The van der Waals surface area contributed by atoms with Crippen LogP contribution in [0, 0.1) is 10.1 Å². The molecule has 2 amide bonds. The van der Waals surface area contributed by atoms with Crippen molar-refractivity contribution in [3.63, 3.8) is 0 Å². The molecule has 0 bridgehead atoms. The number of nitrogens with zero attached hydrogens (tertiary/aromatic N) is 2. The predicted octanol–water partition coefficient (Wildman–Crippen LogP) is 1.74. The van der Waals surface area contributed by atoms with Crippen LogP contribution in [0.2, 0.25) is 0 Å². The lowest BCUT2D eigenvalue weighted by atomic mass is 10.1. The number of hydrogen-bond acceptors (Lipinski definition) is 6. The summed E-state index contributed by atoms with van der Waals surface area (Å²) in [4.78, 5) is 36.8. The van der Waals surface area contributed by atoms with E-state index in [4.69, 9.17) is 9.47 Å². The summed E-state index contributed by atoms with van der Waals surface area (Å²) in [6.07, 6.45) is 2.15. The lowest BCUT2D eigenvalue weighted by molar-refractivity contribution is -0.385. The summed E-state index contributed by atoms with van der Waals surface area (Å²) in [7, 11) is 1.37. The maximum absolute atomic E-state index is 12.4. The van der Waals surface area contributed by atoms with Crippen molar-refractivity contribution in [2.45, 2.75) is 26.2 Å². The molecule has 26 heavy (non-hydrogen) atoms. The number of rotatable bonds is 8. The highest BCUT2D eigenvalue weighted by atomic mass is 16.6. The van der Waals surface area contributed by atoms with Crippen molar-refractivity contribution in [1.29, 1.82) is 0 Å². The van der Waals surface area contributed by atoms with Gasteiger partial charge in [0.05, 0.1) is 24.7 Å². The van der Waals surface area contributed by atoms with Crippen LogP contribution in [-0.4, -0.2) is 55.0 Å². The number of ether oxygens (including phenoxy) is 2. The third-order valence-corrected chi connectivity index (χ3v) is 4.11. The van der Waals surface area contributed by atoms with Crippen LogP contribution in [0.15, 0.2) is 12.1 Å². The van der Waals surface area contributed by atoms with Crippen molar-refractivity contribution in [3.05, 3.63) is 27.8 Å². The molecule has 1 aliphatic heterocycles. The third-order valence-electron chi connectivity index (χ3n) is 4.11. The smallest absolute Gasteiger partial charge is 0.286 e. The minimum atomic E-state index is -0.650. The number of nitrogens with one attached hydrogen (secondary N) is 1. The highest BCUT2D eigenvalue weighted by Crippen LogP contribution is 2.34. The molecule has 0 spiro atoms. The molecule has 1 aromatic rings. The summed E-state index contributed by atoms with van der Waals surface area (Å²) in [5, 5.41) is 13.9. The van der Waals surface area contributed by atoms with Crippen LogP contribution in [-0.2, 0) is 4.79 Å². The van der Waals surface area contributed by atoms with Gasteiger partial charge < -0.3 is 19.7 Å². The Bertz CT molecular complexity index is 685. The van der Waals surface area contributed by atoms with E-state index in [1.807, 2.05) is 0 Å². The summed E-state index contributed by atoms with van der Waals surface area (Å²) in [5.41, 5.74) is -0.512. The fourth-order valence-electron chi connectivity index (χ4n) is 2.81. The minimum Gasteiger partial charge on any atom is -0.493 e. The van der Waals surface area contributed by atoms with Gasteiger partial charge in [0.2, 0.25) is 5.91 Å². The zero-order chi connectivity index (χ0) is 19.1. The first-order chi connectivity index (χ1) is 12.5. The maximum Gasteiger partial charge on any atom is 0.286 e. The van der Waals surface area contributed by atoms with E-state index in [1.165, 1.54) is 13.2 Å². The lowest BCUT2D eigenvalue weighted by Crippen LogP contribution is -2.32. The van der Waals surface area contributed by atoms with Gasteiger partial charge in [-0.05, 0) is 19.8 Å². The Hall–Kier alpha value is -2.84. The summed E-state index contributed by atoms with van der Waals surface area (Å²) in [5.74, 6) is -0.227. The Morgan fingerprint density at radius 3 is 2.54 bits per heavy atom. The molecule has 1 N–H and O–H groups in total. The molecule has 9 nitrogen and oxygen atoms in total. The van der Waals surface area contributed by atoms with E-state index in [0.29, 0.717) is 6.61 Å². The molecule has 2 rings (SSSR count). The zero-order valence-electron chi connectivity index (χ0n) is 14.9.